The van der Waals surface area contributed by atoms with Gasteiger partial charge >= 0.3 is 0 Å². The third-order valence-corrected chi connectivity index (χ3v) is 3.96. The summed E-state index contributed by atoms with van der Waals surface area (Å²) in [5.74, 6) is 0.478. The summed E-state index contributed by atoms with van der Waals surface area (Å²) in [5.41, 5.74) is 4.29. The van der Waals surface area contributed by atoms with Crippen LogP contribution in [0.15, 0.2) is 78.9 Å². The molecule has 0 aliphatic rings. The molecule has 0 bridgehead atoms. The normalized spacial score (nSPS) is 9.84. The second-order valence-corrected chi connectivity index (χ2v) is 6.04. The molecule has 3 aromatic rings. The third-order valence-electron chi connectivity index (χ3n) is 3.96. The Morgan fingerprint density at radius 3 is 1.84 bits per heavy atom. The van der Waals surface area contributed by atoms with E-state index in [4.69, 9.17) is 0 Å². The highest BCUT2D eigenvalue weighted by Gasteiger charge is 2.01. The van der Waals surface area contributed by atoms with Crippen molar-refractivity contribution in [3.05, 3.63) is 90.0 Å². The zero-order chi connectivity index (χ0) is 17.9. The fourth-order valence-electron chi connectivity index (χ4n) is 2.50. The molecule has 2 heteroatoms. The minimum absolute atomic E-state index is 0.478. The molecule has 2 N–H and O–H groups in total. The van der Waals surface area contributed by atoms with Gasteiger partial charge in [-0.25, -0.2) is 0 Å². The zero-order valence-electron chi connectivity index (χ0n) is 15.1. The van der Waals surface area contributed by atoms with E-state index in [9.17, 15) is 5.11 Å². The van der Waals surface area contributed by atoms with Crippen molar-refractivity contribution < 1.29 is 5.11 Å². The van der Waals surface area contributed by atoms with Gasteiger partial charge in [-0.15, -0.1) is 0 Å². The third kappa shape index (κ3) is 6.34. The molecular weight excluding hydrogens is 306 g/mol. The molecule has 0 aliphatic heterocycles. The summed E-state index contributed by atoms with van der Waals surface area (Å²) in [6.07, 6.45) is 3.31. The van der Waals surface area contributed by atoms with Crippen LogP contribution in [-0.2, 0) is 6.42 Å². The van der Waals surface area contributed by atoms with E-state index in [0.717, 1.165) is 35.3 Å². The lowest BCUT2D eigenvalue weighted by molar-refractivity contribution is 0.463. The molecule has 0 unspecified atom stereocenters. The Labute approximate surface area is 151 Å². The predicted molar refractivity (Wildman–Crippen MR) is 108 cm³/mol. The van der Waals surface area contributed by atoms with E-state index in [-0.39, 0.29) is 0 Å². The molecule has 0 aliphatic carbocycles. The smallest absolute Gasteiger partial charge is 0.121 e. The summed E-state index contributed by atoms with van der Waals surface area (Å²) in [4.78, 5) is 0. The number of hydrogen-bond acceptors (Lipinski definition) is 2. The molecule has 0 fully saturated rings. The monoisotopic (exact) mass is 333 g/mol. The lowest BCUT2D eigenvalue weighted by atomic mass is 10.0. The van der Waals surface area contributed by atoms with E-state index in [0.29, 0.717) is 5.75 Å². The number of phenolic OH excluding ortho intramolecular Hbond substituents is 1. The van der Waals surface area contributed by atoms with Crippen molar-refractivity contribution in [1.82, 2.24) is 0 Å². The summed E-state index contributed by atoms with van der Waals surface area (Å²) in [5, 5.41) is 12.9. The van der Waals surface area contributed by atoms with Crippen molar-refractivity contribution in [3.8, 4) is 5.75 Å². The number of unbranched alkanes of at least 4 members (excludes halogenated alkanes) is 1. The highest BCUT2D eigenvalue weighted by Crippen LogP contribution is 2.22. The maximum atomic E-state index is 9.62. The summed E-state index contributed by atoms with van der Waals surface area (Å²) in [6, 6.07) is 26.2. The van der Waals surface area contributed by atoms with Gasteiger partial charge in [0.25, 0.3) is 0 Å². The number of rotatable bonds is 5. The Bertz CT molecular complexity index is 701. The van der Waals surface area contributed by atoms with Crippen molar-refractivity contribution in [3.63, 3.8) is 0 Å². The molecule has 0 amide bonds. The van der Waals surface area contributed by atoms with Crippen LogP contribution in [0.5, 0.6) is 5.75 Å². The summed E-state index contributed by atoms with van der Waals surface area (Å²) in [6.45, 7) is 4.09. The standard InChI is InChI=1S/C12H11N.C11H16O/c1-3-7-11(8-4-1)13-12-9-5-2-6-10-12;1-3-4-7-10-8-5-6-9(2)11(10)12/h1-10,13H;5-6,8,12H,3-4,7H2,1-2H3. The first kappa shape index (κ1) is 18.6. The molecule has 0 atom stereocenters. The lowest BCUT2D eigenvalue weighted by Gasteiger charge is -2.05. The van der Waals surface area contributed by atoms with Crippen LogP contribution in [0.2, 0.25) is 0 Å². The molecular formula is C23H27NO. The van der Waals surface area contributed by atoms with Crippen LogP contribution in [0.3, 0.4) is 0 Å². The molecule has 0 aromatic heterocycles. The van der Waals surface area contributed by atoms with Crippen molar-refractivity contribution in [2.24, 2.45) is 0 Å². The number of hydrogen-bond donors (Lipinski definition) is 2. The van der Waals surface area contributed by atoms with E-state index >= 15 is 0 Å². The van der Waals surface area contributed by atoms with E-state index in [1.165, 1.54) is 6.42 Å². The SMILES string of the molecule is CCCCc1cccc(C)c1O.c1ccc(Nc2ccccc2)cc1. The number of para-hydroxylation sites is 3. The van der Waals surface area contributed by atoms with E-state index < -0.39 is 0 Å². The second kappa shape index (κ2) is 10.2. The van der Waals surface area contributed by atoms with Crippen LogP contribution in [0.4, 0.5) is 11.4 Å². The Morgan fingerprint density at radius 2 is 1.32 bits per heavy atom. The number of anilines is 2. The van der Waals surface area contributed by atoms with Gasteiger partial charge in [0.15, 0.2) is 0 Å². The molecule has 0 heterocycles. The second-order valence-electron chi connectivity index (χ2n) is 6.04. The van der Waals surface area contributed by atoms with E-state index in [1.807, 2.05) is 85.8 Å². The fourth-order valence-corrected chi connectivity index (χ4v) is 2.50. The Morgan fingerprint density at radius 1 is 0.760 bits per heavy atom. The molecule has 0 spiro atoms. The van der Waals surface area contributed by atoms with E-state index in [2.05, 4.69) is 12.2 Å². The molecule has 0 saturated carbocycles. The van der Waals surface area contributed by atoms with Crippen LogP contribution in [-0.4, -0.2) is 5.11 Å². The van der Waals surface area contributed by atoms with Crippen molar-refractivity contribution in [1.29, 1.82) is 0 Å². The Kier molecular flexibility index (Phi) is 7.58. The van der Waals surface area contributed by atoms with Crippen molar-refractivity contribution in [2.45, 2.75) is 33.1 Å². The number of aryl methyl sites for hydroxylation is 2. The highest BCUT2D eigenvalue weighted by atomic mass is 16.3. The summed E-state index contributed by atoms with van der Waals surface area (Å²) >= 11 is 0. The van der Waals surface area contributed by atoms with Crippen LogP contribution < -0.4 is 5.32 Å². The molecule has 25 heavy (non-hydrogen) atoms. The van der Waals surface area contributed by atoms with Gasteiger partial charge in [0.05, 0.1) is 0 Å². The van der Waals surface area contributed by atoms with Gasteiger partial charge in [-0.2, -0.15) is 0 Å². The average molecular weight is 333 g/mol. The highest BCUT2D eigenvalue weighted by molar-refractivity contribution is 5.58. The topological polar surface area (TPSA) is 32.3 Å². The van der Waals surface area contributed by atoms with Crippen LogP contribution in [0.25, 0.3) is 0 Å². The van der Waals surface area contributed by atoms with Crippen molar-refractivity contribution >= 4 is 11.4 Å². The van der Waals surface area contributed by atoms with Crippen molar-refractivity contribution in [2.75, 3.05) is 5.32 Å². The predicted octanol–water partition coefficient (Wildman–Crippen LogP) is 6.47. The number of phenols is 1. The molecule has 130 valence electrons. The summed E-state index contributed by atoms with van der Waals surface area (Å²) < 4.78 is 0. The summed E-state index contributed by atoms with van der Waals surface area (Å²) in [7, 11) is 0. The van der Waals surface area contributed by atoms with Crippen LogP contribution in [0, 0.1) is 6.92 Å². The van der Waals surface area contributed by atoms with Crippen LogP contribution >= 0.6 is 0 Å². The first-order chi connectivity index (χ1) is 12.2. The minimum Gasteiger partial charge on any atom is -0.507 e. The number of nitrogens with one attached hydrogen (secondary N) is 1. The Hall–Kier alpha value is -2.74. The fraction of sp³-hybridized carbons (Fsp3) is 0.217. The average Bonchev–Trinajstić information content (AvgIpc) is 2.65. The molecule has 2 nitrogen and oxygen atoms in total. The van der Waals surface area contributed by atoms with Gasteiger partial charge in [0, 0.05) is 11.4 Å². The van der Waals surface area contributed by atoms with Gasteiger partial charge < -0.3 is 10.4 Å². The maximum Gasteiger partial charge on any atom is 0.121 e. The van der Waals surface area contributed by atoms with Gasteiger partial charge in [-0.1, -0.05) is 67.9 Å². The maximum absolute atomic E-state index is 9.62. The van der Waals surface area contributed by atoms with E-state index in [1.54, 1.807) is 0 Å². The zero-order valence-corrected chi connectivity index (χ0v) is 15.1. The molecule has 0 radical (unpaired) electrons. The van der Waals surface area contributed by atoms with Gasteiger partial charge in [-0.05, 0) is 55.2 Å². The first-order valence-electron chi connectivity index (χ1n) is 8.85. The van der Waals surface area contributed by atoms with Crippen LogP contribution in [0.1, 0.15) is 30.9 Å². The van der Waals surface area contributed by atoms with Gasteiger partial charge in [0.2, 0.25) is 0 Å². The lowest BCUT2D eigenvalue weighted by Crippen LogP contribution is -1.87. The van der Waals surface area contributed by atoms with Gasteiger partial charge in [-0.3, -0.25) is 0 Å². The largest absolute Gasteiger partial charge is 0.507 e. The quantitative estimate of drug-likeness (QED) is 0.560. The number of benzene rings is 3. The number of aromatic hydroxyl groups is 1. The Balaban J connectivity index is 0.000000181. The molecule has 3 aromatic carbocycles. The minimum atomic E-state index is 0.478. The molecule has 3 rings (SSSR count). The first-order valence-corrected chi connectivity index (χ1v) is 8.85. The van der Waals surface area contributed by atoms with Gasteiger partial charge in [0.1, 0.15) is 5.75 Å². The molecule has 0 saturated heterocycles.